The second-order valence-electron chi connectivity index (χ2n) is 15.6. The van der Waals surface area contributed by atoms with Crippen LogP contribution in [0, 0.1) is 5.92 Å². The molecule has 0 radical (unpaired) electrons. The molecule has 2 atom stereocenters. The summed E-state index contributed by atoms with van der Waals surface area (Å²) >= 11 is 0. The van der Waals surface area contributed by atoms with Gasteiger partial charge in [0.05, 0.1) is 19.6 Å². The number of nitrogens with zero attached hydrogens (tertiary/aromatic N) is 3. The summed E-state index contributed by atoms with van der Waals surface area (Å²) < 4.78 is 0. The standard InChI is InChI=1S/C44H60N10O5/c1-31(2)23-39-44(59)51-54(27-33-17-19-35-12-4-6-14-37(35)25-33)30-42(57)49-52(22-10-9-21-46)28-40(55)47-38(15-7-8-20-45)43(58)50-53(29-41(56)48-39)26-32-16-18-34-11-3-5-13-36(34)24-32/h3-6,11-14,16-19,24-25,31,38-39H,7-10,15,20-23,26-30,45-46H2,1-2H3,(H,47,55)(H,48,56)(H,49,57)(H,50,58)(H,51,59)/t38-,39-/m0/s1. The number of fused-ring (bicyclic) bond motifs is 2. The molecule has 4 aromatic carbocycles. The molecule has 1 heterocycles. The molecule has 0 bridgehead atoms. The number of carbonyl (C=O) groups excluding carboxylic acids is 5. The van der Waals surface area contributed by atoms with Crippen molar-refractivity contribution in [1.82, 2.24) is 41.9 Å². The highest BCUT2D eigenvalue weighted by molar-refractivity contribution is 5.90. The monoisotopic (exact) mass is 808 g/mol. The van der Waals surface area contributed by atoms with Crippen molar-refractivity contribution in [3.63, 3.8) is 0 Å². The van der Waals surface area contributed by atoms with Crippen LogP contribution in [-0.4, -0.2) is 95.9 Å². The quantitative estimate of drug-likeness (QED) is 0.0928. The van der Waals surface area contributed by atoms with Crippen molar-refractivity contribution in [2.75, 3.05) is 39.3 Å². The molecule has 5 rings (SSSR count). The molecular weight excluding hydrogens is 749 g/mol. The molecule has 316 valence electrons. The lowest BCUT2D eigenvalue weighted by Gasteiger charge is -2.30. The van der Waals surface area contributed by atoms with E-state index in [1.807, 2.05) is 98.8 Å². The first-order chi connectivity index (χ1) is 28.5. The van der Waals surface area contributed by atoms with Gasteiger partial charge in [0.2, 0.25) is 17.7 Å². The van der Waals surface area contributed by atoms with E-state index in [2.05, 4.69) is 26.9 Å². The Bertz CT molecular complexity index is 2040. The summed E-state index contributed by atoms with van der Waals surface area (Å²) in [6, 6.07) is 25.7. The first-order valence-electron chi connectivity index (χ1n) is 20.6. The first kappa shape index (κ1) is 44.6. The number of rotatable bonds is 14. The number of hydrogen-bond acceptors (Lipinski definition) is 10. The lowest BCUT2D eigenvalue weighted by molar-refractivity contribution is -0.139. The molecule has 15 heteroatoms. The van der Waals surface area contributed by atoms with Gasteiger partial charge in [-0.2, -0.15) is 0 Å². The zero-order valence-electron chi connectivity index (χ0n) is 34.3. The Balaban J connectivity index is 1.47. The summed E-state index contributed by atoms with van der Waals surface area (Å²) in [4.78, 5) is 69.5. The Kier molecular flexibility index (Phi) is 17.1. The van der Waals surface area contributed by atoms with E-state index in [0.717, 1.165) is 32.7 Å². The van der Waals surface area contributed by atoms with Crippen molar-refractivity contribution in [2.24, 2.45) is 17.4 Å². The maximum Gasteiger partial charge on any atom is 0.256 e. The van der Waals surface area contributed by atoms with E-state index in [1.54, 1.807) is 0 Å². The Hall–Kier alpha value is -5.45. The van der Waals surface area contributed by atoms with Crippen LogP contribution >= 0.6 is 0 Å². The molecule has 1 fully saturated rings. The highest BCUT2D eigenvalue weighted by Crippen LogP contribution is 2.18. The lowest BCUT2D eigenvalue weighted by Crippen LogP contribution is -2.59. The number of nitrogens with one attached hydrogen (secondary N) is 5. The fraction of sp³-hybridized carbons (Fsp3) is 0.432. The molecule has 0 aliphatic carbocycles. The predicted octanol–water partition coefficient (Wildman–Crippen LogP) is 2.59. The number of hydrogen-bond donors (Lipinski definition) is 7. The van der Waals surface area contributed by atoms with Crippen LogP contribution in [0.3, 0.4) is 0 Å². The van der Waals surface area contributed by atoms with Gasteiger partial charge in [-0.3, -0.25) is 40.3 Å². The maximum absolute atomic E-state index is 14.1. The predicted molar refractivity (Wildman–Crippen MR) is 229 cm³/mol. The van der Waals surface area contributed by atoms with E-state index in [1.165, 1.54) is 15.0 Å². The summed E-state index contributed by atoms with van der Waals surface area (Å²) in [5, 5.41) is 14.4. The van der Waals surface area contributed by atoms with Gasteiger partial charge in [-0.1, -0.05) is 86.6 Å². The number of amides is 5. The van der Waals surface area contributed by atoms with Gasteiger partial charge in [0.25, 0.3) is 11.8 Å². The van der Waals surface area contributed by atoms with Gasteiger partial charge < -0.3 is 22.1 Å². The smallest absolute Gasteiger partial charge is 0.256 e. The third kappa shape index (κ3) is 14.4. The lowest BCUT2D eigenvalue weighted by atomic mass is 10.0. The van der Waals surface area contributed by atoms with Gasteiger partial charge in [0, 0.05) is 19.6 Å². The van der Waals surface area contributed by atoms with Crippen LogP contribution in [0.4, 0.5) is 0 Å². The second kappa shape index (κ2) is 22.6. The van der Waals surface area contributed by atoms with E-state index in [0.29, 0.717) is 58.2 Å². The molecule has 0 unspecified atom stereocenters. The highest BCUT2D eigenvalue weighted by atomic mass is 16.2. The van der Waals surface area contributed by atoms with E-state index in [4.69, 9.17) is 11.5 Å². The van der Waals surface area contributed by atoms with Crippen LogP contribution in [0.1, 0.15) is 63.5 Å². The van der Waals surface area contributed by atoms with E-state index in [-0.39, 0.29) is 38.6 Å². The summed E-state index contributed by atoms with van der Waals surface area (Å²) in [6.07, 6.45) is 3.08. The molecule has 0 saturated carbocycles. The molecule has 1 aliphatic heterocycles. The minimum absolute atomic E-state index is 0.0227. The van der Waals surface area contributed by atoms with E-state index < -0.39 is 41.6 Å². The van der Waals surface area contributed by atoms with Crippen LogP contribution in [0.15, 0.2) is 84.9 Å². The van der Waals surface area contributed by atoms with Crippen molar-refractivity contribution in [1.29, 1.82) is 0 Å². The molecule has 1 saturated heterocycles. The van der Waals surface area contributed by atoms with Gasteiger partial charge >= 0.3 is 0 Å². The topological polar surface area (TPSA) is 207 Å². The number of benzene rings is 4. The molecule has 59 heavy (non-hydrogen) atoms. The molecule has 5 amide bonds. The number of nitrogens with two attached hydrogens (primary N) is 2. The fourth-order valence-electron chi connectivity index (χ4n) is 7.15. The molecule has 4 aromatic rings. The average Bonchev–Trinajstić information content (AvgIpc) is 3.19. The molecule has 1 aliphatic rings. The molecule has 0 spiro atoms. The number of carbonyl (C=O) groups is 5. The summed E-state index contributed by atoms with van der Waals surface area (Å²) in [5.74, 6) is -2.43. The van der Waals surface area contributed by atoms with Gasteiger partial charge in [-0.15, -0.1) is 0 Å². The van der Waals surface area contributed by atoms with Gasteiger partial charge in [-0.05, 0) is 102 Å². The van der Waals surface area contributed by atoms with E-state index in [9.17, 15) is 24.0 Å². The molecule has 15 nitrogen and oxygen atoms in total. The molecule has 9 N–H and O–H groups in total. The third-order valence-corrected chi connectivity index (χ3v) is 10.0. The zero-order chi connectivity index (χ0) is 42.1. The number of unbranched alkanes of at least 4 members (excludes halogenated alkanes) is 2. The van der Waals surface area contributed by atoms with Crippen molar-refractivity contribution < 1.29 is 24.0 Å². The molecule has 0 aromatic heterocycles. The minimum Gasteiger partial charge on any atom is -0.343 e. The average molecular weight is 809 g/mol. The Labute approximate surface area is 346 Å². The first-order valence-corrected chi connectivity index (χ1v) is 20.6. The minimum atomic E-state index is -0.964. The maximum atomic E-state index is 14.1. The summed E-state index contributed by atoms with van der Waals surface area (Å²) in [5.41, 5.74) is 21.9. The van der Waals surface area contributed by atoms with Crippen LogP contribution in [0.2, 0.25) is 0 Å². The summed E-state index contributed by atoms with van der Waals surface area (Å²) in [6.45, 7) is 4.62. The van der Waals surface area contributed by atoms with Crippen molar-refractivity contribution in [2.45, 2.75) is 77.5 Å². The van der Waals surface area contributed by atoms with Crippen LogP contribution in [0.25, 0.3) is 21.5 Å². The third-order valence-electron chi connectivity index (χ3n) is 10.0. The normalized spacial score (nSPS) is 18.8. The van der Waals surface area contributed by atoms with Gasteiger partial charge in [0.1, 0.15) is 12.1 Å². The SMILES string of the molecule is CC(C)C[C@@H]1NC(=O)CN(Cc2ccc3ccccc3c2)NC(=O)[C@H](CCCCN)NC(=O)CN(CCCCN)NC(=O)CN(Cc2ccc3ccccc3c2)NC1=O. The van der Waals surface area contributed by atoms with Crippen molar-refractivity contribution in [3.8, 4) is 0 Å². The van der Waals surface area contributed by atoms with Gasteiger partial charge in [-0.25, -0.2) is 15.0 Å². The number of hydrazine groups is 3. The second-order valence-corrected chi connectivity index (χ2v) is 15.6. The Morgan fingerprint density at radius 3 is 1.58 bits per heavy atom. The van der Waals surface area contributed by atoms with Crippen LogP contribution in [0.5, 0.6) is 0 Å². The highest BCUT2D eigenvalue weighted by Gasteiger charge is 2.29. The largest absolute Gasteiger partial charge is 0.343 e. The molecular formula is C44H60N10O5. The summed E-state index contributed by atoms with van der Waals surface area (Å²) in [7, 11) is 0. The van der Waals surface area contributed by atoms with E-state index >= 15 is 0 Å². The van der Waals surface area contributed by atoms with Gasteiger partial charge in [0.15, 0.2) is 0 Å². The fourth-order valence-corrected chi connectivity index (χ4v) is 7.15. The Morgan fingerprint density at radius 1 is 0.559 bits per heavy atom. The zero-order valence-corrected chi connectivity index (χ0v) is 34.3. The van der Waals surface area contributed by atoms with Crippen molar-refractivity contribution in [3.05, 3.63) is 96.1 Å². The van der Waals surface area contributed by atoms with Crippen molar-refractivity contribution >= 4 is 51.1 Å². The Morgan fingerprint density at radius 2 is 1.03 bits per heavy atom. The van der Waals surface area contributed by atoms with Crippen LogP contribution in [-0.2, 0) is 37.1 Å². The van der Waals surface area contributed by atoms with Crippen LogP contribution < -0.4 is 38.4 Å².